The van der Waals surface area contributed by atoms with Gasteiger partial charge in [0.2, 0.25) is 0 Å². The summed E-state index contributed by atoms with van der Waals surface area (Å²) in [7, 11) is 0. The van der Waals surface area contributed by atoms with Crippen molar-refractivity contribution in [2.45, 2.75) is 63.2 Å². The van der Waals surface area contributed by atoms with E-state index in [0.29, 0.717) is 99.0 Å². The van der Waals surface area contributed by atoms with Gasteiger partial charge in [-0.1, -0.05) is 45.8 Å². The summed E-state index contributed by atoms with van der Waals surface area (Å²) >= 11 is 3.43. The van der Waals surface area contributed by atoms with Crippen LogP contribution in [0.1, 0.15) is 54.0 Å². The van der Waals surface area contributed by atoms with E-state index in [9.17, 15) is 18.4 Å². The summed E-state index contributed by atoms with van der Waals surface area (Å²) in [5.41, 5.74) is 3.24. The van der Waals surface area contributed by atoms with Crippen LogP contribution >= 0.6 is 15.9 Å². The lowest BCUT2D eigenvalue weighted by molar-refractivity contribution is -0.166. The zero-order valence-corrected chi connectivity index (χ0v) is 33.6. The van der Waals surface area contributed by atoms with Gasteiger partial charge in [0.1, 0.15) is 23.3 Å². The van der Waals surface area contributed by atoms with Gasteiger partial charge in [-0.15, -0.1) is 6.42 Å². The van der Waals surface area contributed by atoms with E-state index < -0.39 is 11.6 Å². The van der Waals surface area contributed by atoms with Crippen molar-refractivity contribution in [2.24, 2.45) is 0 Å². The Balaban J connectivity index is 0.000000140. The van der Waals surface area contributed by atoms with E-state index in [1.807, 2.05) is 24.3 Å². The highest BCUT2D eigenvalue weighted by Gasteiger charge is 2.39. The fourth-order valence-corrected chi connectivity index (χ4v) is 8.06. The van der Waals surface area contributed by atoms with Crippen molar-refractivity contribution in [1.29, 1.82) is 0 Å². The van der Waals surface area contributed by atoms with Gasteiger partial charge in [0, 0.05) is 72.8 Å². The van der Waals surface area contributed by atoms with Crippen LogP contribution in [0.5, 0.6) is 0 Å². The highest BCUT2D eigenvalue weighted by molar-refractivity contribution is 9.10. The van der Waals surface area contributed by atoms with Gasteiger partial charge < -0.3 is 18.9 Å². The molecule has 0 atom stereocenters. The van der Waals surface area contributed by atoms with Crippen molar-refractivity contribution in [3.05, 3.63) is 150 Å². The maximum atomic E-state index is 13.3. The number of halogens is 3. The molecule has 0 N–H and O–H groups in total. The molecule has 10 rings (SSSR count). The summed E-state index contributed by atoms with van der Waals surface area (Å²) in [5, 5.41) is 1.22. The van der Waals surface area contributed by atoms with Gasteiger partial charge in [-0.05, 0) is 72.8 Å². The Labute approximate surface area is 347 Å². The lowest BCUT2D eigenvalue weighted by Gasteiger charge is -2.24. The van der Waals surface area contributed by atoms with E-state index in [-0.39, 0.29) is 22.8 Å². The second-order valence-corrected chi connectivity index (χ2v) is 15.4. The molecule has 0 amide bonds. The third kappa shape index (κ3) is 9.05. The minimum absolute atomic E-state index is 0.0255. The predicted molar refractivity (Wildman–Crippen MR) is 222 cm³/mol. The number of hydrogen-bond acceptors (Lipinski definition) is 8. The van der Waals surface area contributed by atoms with Crippen LogP contribution < -0.4 is 11.1 Å². The summed E-state index contributed by atoms with van der Waals surface area (Å²) in [5.74, 6) is 8.16. The first-order valence-electron chi connectivity index (χ1n) is 19.4. The molecule has 300 valence electrons. The maximum Gasteiger partial charge on any atom is 0.261 e. The summed E-state index contributed by atoms with van der Waals surface area (Å²) in [6, 6.07) is 23.1. The fraction of sp³-hybridized carbons (Fsp3) is 0.304. The standard InChI is InChI=1S/C23H19FN2O3.C15H15BrN2O3.C8H5F/c24-18-3-1-2-16(14-18)4-5-17-6-7-19-20(15-17)25-21-8-9-23(28-12-13-29-23)10-11-26(21)22(19)27;16-10-1-2-11-12(9-10)17-13-3-4-15(20-7-8-21-15)5-6-18(13)14(11)19;1-2-7-4-3-5-8(9)6-7/h1-3,6-7,14-15H,8-13H2;1-2,9H,3-8H2;1,3-6H. The summed E-state index contributed by atoms with van der Waals surface area (Å²) in [4.78, 5) is 35.1. The normalized spacial score (nSPS) is 17.3. The number of nitrogens with zero attached hydrogens (tertiary/aromatic N) is 4. The molecule has 2 aromatic heterocycles. The molecule has 2 spiro atoms. The third-order valence-corrected chi connectivity index (χ3v) is 11.2. The summed E-state index contributed by atoms with van der Waals surface area (Å²) in [6.07, 6.45) is 9.08. The van der Waals surface area contributed by atoms with Crippen molar-refractivity contribution in [1.82, 2.24) is 19.1 Å². The van der Waals surface area contributed by atoms with E-state index >= 15 is 0 Å². The van der Waals surface area contributed by atoms with Crippen molar-refractivity contribution in [2.75, 3.05) is 26.4 Å². The van der Waals surface area contributed by atoms with Crippen LogP contribution in [-0.2, 0) is 44.9 Å². The molecule has 13 heteroatoms. The Kier molecular flexibility index (Phi) is 11.8. The lowest BCUT2D eigenvalue weighted by atomic mass is 10.1. The average molecular weight is 862 g/mol. The first-order valence-corrected chi connectivity index (χ1v) is 20.2. The molecule has 0 unspecified atom stereocenters. The van der Waals surface area contributed by atoms with Crippen LogP contribution in [0.2, 0.25) is 0 Å². The van der Waals surface area contributed by atoms with Gasteiger partial charge in [0.25, 0.3) is 11.1 Å². The van der Waals surface area contributed by atoms with Crippen molar-refractivity contribution in [3.8, 4) is 24.2 Å². The maximum absolute atomic E-state index is 13.3. The first kappa shape index (κ1) is 40.2. The molecule has 59 heavy (non-hydrogen) atoms. The van der Waals surface area contributed by atoms with Crippen LogP contribution in [0.4, 0.5) is 8.78 Å². The SMILES string of the molecule is C#Cc1cccc(F)c1.O=c1c2ccc(Br)cc2nc2n1CCC1(CC2)OCCO1.O=c1c2ccc(C#Cc3cccc(F)c3)cc2nc2n1CCC1(CC2)OCCO1. The molecule has 2 fully saturated rings. The molecule has 4 aromatic carbocycles. The molecule has 2 saturated heterocycles. The van der Waals surface area contributed by atoms with Gasteiger partial charge in [0.05, 0.1) is 48.2 Å². The quantitative estimate of drug-likeness (QED) is 0.150. The fourth-order valence-electron chi connectivity index (χ4n) is 7.71. The molecule has 0 bridgehead atoms. The molecule has 0 saturated carbocycles. The molecular weight excluding hydrogens is 822 g/mol. The van der Waals surface area contributed by atoms with Crippen LogP contribution in [0.15, 0.2) is 99.0 Å². The third-order valence-electron chi connectivity index (χ3n) is 10.7. The Morgan fingerprint density at radius 1 is 0.610 bits per heavy atom. The van der Waals surface area contributed by atoms with Crippen molar-refractivity contribution < 1.29 is 27.7 Å². The summed E-state index contributed by atoms with van der Waals surface area (Å²) in [6.45, 7) is 3.56. The molecule has 6 heterocycles. The van der Waals surface area contributed by atoms with Gasteiger partial charge in [-0.3, -0.25) is 18.7 Å². The summed E-state index contributed by atoms with van der Waals surface area (Å²) < 4.78 is 53.2. The lowest BCUT2D eigenvalue weighted by Crippen LogP contribution is -2.31. The predicted octanol–water partition coefficient (Wildman–Crippen LogP) is 7.06. The molecule has 4 aliphatic heterocycles. The topological polar surface area (TPSA) is 107 Å². The highest BCUT2D eigenvalue weighted by Crippen LogP contribution is 2.33. The average Bonchev–Trinajstić information content (AvgIpc) is 3.82. The number of hydrogen-bond donors (Lipinski definition) is 0. The Hall–Kier alpha value is -5.54. The monoisotopic (exact) mass is 860 g/mol. The second-order valence-electron chi connectivity index (χ2n) is 14.5. The van der Waals surface area contributed by atoms with Gasteiger partial charge in [-0.2, -0.15) is 0 Å². The van der Waals surface area contributed by atoms with Gasteiger partial charge in [-0.25, -0.2) is 18.7 Å². The second kappa shape index (κ2) is 17.4. The minimum atomic E-state index is -0.589. The van der Waals surface area contributed by atoms with Gasteiger partial charge >= 0.3 is 0 Å². The van der Waals surface area contributed by atoms with Crippen molar-refractivity contribution in [3.63, 3.8) is 0 Å². The largest absolute Gasteiger partial charge is 0.347 e. The van der Waals surface area contributed by atoms with E-state index in [1.165, 1.54) is 24.3 Å². The van der Waals surface area contributed by atoms with E-state index in [1.54, 1.807) is 45.5 Å². The number of terminal acetylenes is 1. The minimum Gasteiger partial charge on any atom is -0.347 e. The highest BCUT2D eigenvalue weighted by atomic mass is 79.9. The van der Waals surface area contributed by atoms with E-state index in [0.717, 1.165) is 33.6 Å². The Bertz CT molecular complexity index is 2780. The van der Waals surface area contributed by atoms with E-state index in [4.69, 9.17) is 30.4 Å². The van der Waals surface area contributed by atoms with Crippen LogP contribution in [0.3, 0.4) is 0 Å². The molecular formula is C46H39BrF2N4O6. The van der Waals surface area contributed by atoms with Crippen molar-refractivity contribution >= 4 is 37.7 Å². The number of rotatable bonds is 0. The Morgan fingerprint density at radius 2 is 1.08 bits per heavy atom. The van der Waals surface area contributed by atoms with Crippen LogP contribution in [0, 0.1) is 35.8 Å². The molecule has 0 radical (unpaired) electrons. The van der Waals surface area contributed by atoms with Gasteiger partial charge in [0.15, 0.2) is 11.6 Å². The number of aromatic nitrogens is 4. The number of aryl methyl sites for hydroxylation is 2. The molecule has 0 aliphatic carbocycles. The first-order chi connectivity index (χ1) is 28.6. The number of fused-ring (bicyclic) bond motifs is 4. The van der Waals surface area contributed by atoms with Crippen LogP contribution in [-0.4, -0.2) is 57.1 Å². The molecule has 6 aromatic rings. The zero-order chi connectivity index (χ0) is 41.0. The molecule has 4 aliphatic rings. The Morgan fingerprint density at radius 3 is 1.59 bits per heavy atom. The number of ether oxygens (including phenoxy) is 4. The van der Waals surface area contributed by atoms with E-state index in [2.05, 4.69) is 38.7 Å². The van der Waals surface area contributed by atoms with Crippen LogP contribution in [0.25, 0.3) is 21.8 Å². The zero-order valence-electron chi connectivity index (χ0n) is 32.0. The number of benzene rings is 4. The molecule has 10 nitrogen and oxygen atoms in total. The smallest absolute Gasteiger partial charge is 0.261 e.